The number of likely N-dealkylation sites (tertiary alicyclic amines) is 1. The topological polar surface area (TPSA) is 47.1 Å². The molecule has 2 amide bonds. The van der Waals surface area contributed by atoms with Gasteiger partial charge in [-0.15, -0.1) is 0 Å². The van der Waals surface area contributed by atoms with E-state index in [9.17, 15) is 9.59 Å². The van der Waals surface area contributed by atoms with E-state index in [1.165, 1.54) is 25.7 Å². The van der Waals surface area contributed by atoms with Gasteiger partial charge < -0.3 is 9.80 Å². The van der Waals surface area contributed by atoms with Crippen molar-refractivity contribution >= 4 is 11.8 Å². The molecule has 2 aliphatic heterocycles. The van der Waals surface area contributed by atoms with Crippen LogP contribution in [0.3, 0.4) is 0 Å². The molecule has 1 aliphatic carbocycles. The van der Waals surface area contributed by atoms with E-state index in [0.717, 1.165) is 70.9 Å². The smallest absolute Gasteiger partial charge is 0.236 e. The fourth-order valence-corrected chi connectivity index (χ4v) is 4.85. The molecule has 0 bridgehead atoms. The Morgan fingerprint density at radius 2 is 1.32 bits per heavy atom. The molecule has 6 nitrogen and oxygen atoms in total. The van der Waals surface area contributed by atoms with E-state index >= 15 is 0 Å². The van der Waals surface area contributed by atoms with Crippen LogP contribution < -0.4 is 0 Å². The van der Waals surface area contributed by atoms with Gasteiger partial charge in [0.15, 0.2) is 0 Å². The van der Waals surface area contributed by atoms with Crippen LogP contribution in [0.2, 0.25) is 0 Å². The van der Waals surface area contributed by atoms with Gasteiger partial charge in [-0.3, -0.25) is 19.4 Å². The highest BCUT2D eigenvalue weighted by molar-refractivity contribution is 5.79. The molecule has 0 aromatic carbocycles. The predicted molar refractivity (Wildman–Crippen MR) is 112 cm³/mol. The zero-order valence-corrected chi connectivity index (χ0v) is 18.1. The minimum atomic E-state index is 0.258. The van der Waals surface area contributed by atoms with E-state index in [2.05, 4.69) is 21.6 Å². The van der Waals surface area contributed by atoms with Crippen LogP contribution in [-0.4, -0.2) is 96.9 Å². The number of carbonyl (C=O) groups excluding carboxylic acids is 2. The molecule has 2 saturated heterocycles. The molecule has 0 unspecified atom stereocenters. The highest BCUT2D eigenvalue weighted by atomic mass is 16.2. The van der Waals surface area contributed by atoms with Crippen molar-refractivity contribution in [3.05, 3.63) is 0 Å². The van der Waals surface area contributed by atoms with Gasteiger partial charge in [-0.1, -0.05) is 19.8 Å². The third kappa shape index (κ3) is 6.18. The van der Waals surface area contributed by atoms with Crippen molar-refractivity contribution in [1.82, 2.24) is 19.6 Å². The lowest BCUT2D eigenvalue weighted by atomic mass is 9.87. The first-order chi connectivity index (χ1) is 13.5. The molecular weight excluding hydrogens is 352 g/mol. The van der Waals surface area contributed by atoms with Crippen molar-refractivity contribution in [1.29, 1.82) is 0 Å². The van der Waals surface area contributed by atoms with Gasteiger partial charge in [0, 0.05) is 52.4 Å². The van der Waals surface area contributed by atoms with Crippen molar-refractivity contribution in [2.24, 2.45) is 5.92 Å². The van der Waals surface area contributed by atoms with Gasteiger partial charge in [0.2, 0.25) is 11.8 Å². The number of piperazine rings is 1. The number of hydrogen-bond donors (Lipinski definition) is 0. The summed E-state index contributed by atoms with van der Waals surface area (Å²) in [6.07, 6.45) is 9.59. The molecule has 0 radical (unpaired) electrons. The van der Waals surface area contributed by atoms with Gasteiger partial charge in [-0.25, -0.2) is 0 Å². The second-order valence-electron chi connectivity index (χ2n) is 9.27. The van der Waals surface area contributed by atoms with Crippen LogP contribution in [0.25, 0.3) is 0 Å². The summed E-state index contributed by atoms with van der Waals surface area (Å²) in [6.45, 7) is 8.78. The second kappa shape index (κ2) is 10.6. The highest BCUT2D eigenvalue weighted by Crippen LogP contribution is 2.26. The second-order valence-corrected chi connectivity index (χ2v) is 9.27. The minimum Gasteiger partial charge on any atom is -0.342 e. The molecule has 6 heteroatoms. The minimum absolute atomic E-state index is 0.258. The number of hydrogen-bond acceptors (Lipinski definition) is 4. The molecule has 2 heterocycles. The first-order valence-corrected chi connectivity index (χ1v) is 11.5. The summed E-state index contributed by atoms with van der Waals surface area (Å²) < 4.78 is 0. The maximum absolute atomic E-state index is 12.7. The Bertz CT molecular complexity index is 503. The van der Waals surface area contributed by atoms with E-state index in [1.54, 1.807) is 0 Å². The van der Waals surface area contributed by atoms with Crippen LogP contribution in [0.1, 0.15) is 58.3 Å². The van der Waals surface area contributed by atoms with E-state index in [-0.39, 0.29) is 11.8 Å². The van der Waals surface area contributed by atoms with Crippen LogP contribution in [-0.2, 0) is 9.59 Å². The van der Waals surface area contributed by atoms with Gasteiger partial charge in [-0.05, 0) is 44.4 Å². The van der Waals surface area contributed by atoms with E-state index < -0.39 is 0 Å². The summed E-state index contributed by atoms with van der Waals surface area (Å²) in [5.74, 6) is 1.36. The molecule has 3 rings (SSSR count). The lowest BCUT2D eigenvalue weighted by Gasteiger charge is -2.37. The SMILES string of the molecule is CC1CCC(N(C)C(=O)CN2CCN(CC(=O)N3CCCCCC3)CC2)CC1. The van der Waals surface area contributed by atoms with Crippen molar-refractivity contribution in [3.8, 4) is 0 Å². The number of amides is 2. The monoisotopic (exact) mass is 392 g/mol. The molecule has 160 valence electrons. The first-order valence-electron chi connectivity index (χ1n) is 11.5. The maximum Gasteiger partial charge on any atom is 0.236 e. The van der Waals surface area contributed by atoms with Crippen LogP contribution in [0.4, 0.5) is 0 Å². The number of rotatable bonds is 5. The summed E-state index contributed by atoms with van der Waals surface area (Å²) >= 11 is 0. The Kier molecular flexibility index (Phi) is 8.15. The Morgan fingerprint density at radius 3 is 1.89 bits per heavy atom. The molecule has 3 aliphatic rings. The zero-order chi connectivity index (χ0) is 19.9. The van der Waals surface area contributed by atoms with Crippen molar-refractivity contribution in [2.45, 2.75) is 64.3 Å². The first kappa shape index (κ1) is 21.6. The van der Waals surface area contributed by atoms with E-state index in [1.807, 2.05) is 11.9 Å². The fraction of sp³-hybridized carbons (Fsp3) is 0.909. The fourth-order valence-electron chi connectivity index (χ4n) is 4.85. The zero-order valence-electron chi connectivity index (χ0n) is 18.1. The van der Waals surface area contributed by atoms with Crippen molar-refractivity contribution in [2.75, 3.05) is 59.4 Å². The van der Waals surface area contributed by atoms with Crippen LogP contribution in [0, 0.1) is 5.92 Å². The summed E-state index contributed by atoms with van der Waals surface area (Å²) in [4.78, 5) is 33.9. The molecule has 28 heavy (non-hydrogen) atoms. The maximum atomic E-state index is 12.7. The quantitative estimate of drug-likeness (QED) is 0.718. The number of carbonyl (C=O) groups is 2. The van der Waals surface area contributed by atoms with Crippen LogP contribution in [0.5, 0.6) is 0 Å². The van der Waals surface area contributed by atoms with Gasteiger partial charge >= 0.3 is 0 Å². The Balaban J connectivity index is 1.36. The van der Waals surface area contributed by atoms with E-state index in [4.69, 9.17) is 0 Å². The third-order valence-corrected chi connectivity index (χ3v) is 7.07. The molecule has 0 aromatic rings. The Labute approximate surface area is 171 Å². The summed E-state index contributed by atoms with van der Waals surface area (Å²) in [6, 6.07) is 0.427. The van der Waals surface area contributed by atoms with Gasteiger partial charge in [-0.2, -0.15) is 0 Å². The van der Waals surface area contributed by atoms with Crippen LogP contribution in [0.15, 0.2) is 0 Å². The molecular formula is C22H40N4O2. The lowest BCUT2D eigenvalue weighted by Crippen LogP contribution is -2.53. The molecule has 0 N–H and O–H groups in total. The Hall–Kier alpha value is -1.14. The standard InChI is InChI=1S/C22H40N4O2/c1-19-7-9-20(10-8-19)23(2)21(27)17-24-13-15-25(16-14-24)18-22(28)26-11-5-3-4-6-12-26/h19-20H,3-18H2,1-2H3. The molecule has 0 spiro atoms. The number of nitrogens with zero attached hydrogens (tertiary/aromatic N) is 4. The average Bonchev–Trinajstić information content (AvgIpc) is 2.99. The lowest BCUT2D eigenvalue weighted by molar-refractivity contribution is -0.136. The summed E-state index contributed by atoms with van der Waals surface area (Å²) in [5, 5.41) is 0. The normalized spacial score (nSPS) is 28.0. The molecule has 0 aromatic heterocycles. The highest BCUT2D eigenvalue weighted by Gasteiger charge is 2.27. The van der Waals surface area contributed by atoms with Crippen molar-refractivity contribution < 1.29 is 9.59 Å². The van der Waals surface area contributed by atoms with Gasteiger partial charge in [0.05, 0.1) is 13.1 Å². The summed E-state index contributed by atoms with van der Waals surface area (Å²) in [5.41, 5.74) is 0. The molecule has 3 fully saturated rings. The Morgan fingerprint density at radius 1 is 0.786 bits per heavy atom. The largest absolute Gasteiger partial charge is 0.342 e. The van der Waals surface area contributed by atoms with E-state index in [0.29, 0.717) is 19.1 Å². The molecule has 0 atom stereocenters. The van der Waals surface area contributed by atoms with Gasteiger partial charge in [0.25, 0.3) is 0 Å². The third-order valence-electron chi connectivity index (χ3n) is 7.07. The molecule has 1 saturated carbocycles. The van der Waals surface area contributed by atoms with Crippen molar-refractivity contribution in [3.63, 3.8) is 0 Å². The predicted octanol–water partition coefficient (Wildman–Crippen LogP) is 2.04. The van der Waals surface area contributed by atoms with Gasteiger partial charge in [0.1, 0.15) is 0 Å². The van der Waals surface area contributed by atoms with Crippen LogP contribution >= 0.6 is 0 Å². The number of likely N-dealkylation sites (N-methyl/N-ethyl adjacent to an activating group) is 1. The average molecular weight is 393 g/mol. The summed E-state index contributed by atoms with van der Waals surface area (Å²) in [7, 11) is 1.99.